The molecule has 1 saturated heterocycles. The Morgan fingerprint density at radius 1 is 1.11 bits per heavy atom. The number of hydrogen-bond acceptors (Lipinski definition) is 5. The molecule has 2 aromatic rings. The van der Waals surface area contributed by atoms with Crippen molar-refractivity contribution >= 4 is 15.9 Å². The molecule has 0 saturated carbocycles. The van der Waals surface area contributed by atoms with E-state index in [2.05, 4.69) is 5.32 Å². The van der Waals surface area contributed by atoms with Gasteiger partial charge in [-0.1, -0.05) is 0 Å². The molecular formula is C20H26N2O5S. The number of nitrogens with zero attached hydrogens (tertiary/aromatic N) is 1. The van der Waals surface area contributed by atoms with Gasteiger partial charge in [-0.05, 0) is 64.1 Å². The molecule has 152 valence electrons. The zero-order valence-corrected chi connectivity index (χ0v) is 17.3. The number of sulfonamides is 1. The van der Waals surface area contributed by atoms with Gasteiger partial charge in [-0.25, -0.2) is 8.42 Å². The molecule has 0 bridgehead atoms. The van der Waals surface area contributed by atoms with Crippen molar-refractivity contribution in [2.75, 3.05) is 13.1 Å². The fraction of sp³-hybridized carbons (Fsp3) is 0.450. The number of morpholine rings is 1. The first-order valence-electron chi connectivity index (χ1n) is 9.29. The molecule has 0 spiro atoms. The number of nitrogens with one attached hydrogen (secondary N) is 1. The van der Waals surface area contributed by atoms with Crippen molar-refractivity contribution in [1.82, 2.24) is 9.62 Å². The summed E-state index contributed by atoms with van der Waals surface area (Å²) in [7, 11) is -3.63. The number of hydrogen-bond donors (Lipinski definition) is 1. The maximum atomic E-state index is 12.9. The van der Waals surface area contributed by atoms with Gasteiger partial charge in [-0.3, -0.25) is 4.79 Å². The quantitative estimate of drug-likeness (QED) is 0.825. The average molecular weight is 407 g/mol. The van der Waals surface area contributed by atoms with Crippen LogP contribution in [0.3, 0.4) is 0 Å². The second-order valence-electron chi connectivity index (χ2n) is 7.25. The Labute approximate surface area is 165 Å². The van der Waals surface area contributed by atoms with Crippen molar-refractivity contribution in [1.29, 1.82) is 0 Å². The largest absolute Gasteiger partial charge is 0.464 e. The van der Waals surface area contributed by atoms with E-state index in [9.17, 15) is 13.2 Å². The summed E-state index contributed by atoms with van der Waals surface area (Å²) in [5.74, 6) is 1.15. The van der Waals surface area contributed by atoms with Gasteiger partial charge in [0.1, 0.15) is 11.5 Å². The number of carbonyl (C=O) groups is 1. The van der Waals surface area contributed by atoms with Crippen LogP contribution in [-0.4, -0.2) is 43.9 Å². The van der Waals surface area contributed by atoms with Crippen LogP contribution in [0.25, 0.3) is 0 Å². The fourth-order valence-corrected chi connectivity index (χ4v) is 4.88. The number of rotatable bonds is 5. The van der Waals surface area contributed by atoms with Crippen molar-refractivity contribution in [3.8, 4) is 0 Å². The van der Waals surface area contributed by atoms with E-state index in [4.69, 9.17) is 9.15 Å². The monoisotopic (exact) mass is 406 g/mol. The summed E-state index contributed by atoms with van der Waals surface area (Å²) in [4.78, 5) is 12.6. The van der Waals surface area contributed by atoms with Crippen molar-refractivity contribution in [2.24, 2.45) is 0 Å². The molecule has 2 heterocycles. The Morgan fingerprint density at radius 3 is 2.25 bits per heavy atom. The Kier molecular flexibility index (Phi) is 5.92. The molecule has 1 aliphatic heterocycles. The lowest BCUT2D eigenvalue weighted by Crippen LogP contribution is -2.48. The zero-order valence-electron chi connectivity index (χ0n) is 16.5. The predicted octanol–water partition coefficient (Wildman–Crippen LogP) is 2.88. The molecule has 3 atom stereocenters. The Hall–Kier alpha value is -2.16. The molecule has 28 heavy (non-hydrogen) atoms. The van der Waals surface area contributed by atoms with Crippen LogP contribution in [0.4, 0.5) is 0 Å². The highest BCUT2D eigenvalue weighted by Crippen LogP contribution is 2.22. The van der Waals surface area contributed by atoms with Crippen LogP contribution < -0.4 is 5.32 Å². The smallest absolute Gasteiger partial charge is 0.251 e. The van der Waals surface area contributed by atoms with E-state index < -0.39 is 10.0 Å². The molecule has 8 heteroatoms. The Balaban J connectivity index is 1.71. The molecule has 0 aliphatic carbocycles. The first-order valence-corrected chi connectivity index (χ1v) is 10.7. The predicted molar refractivity (Wildman–Crippen MR) is 105 cm³/mol. The highest BCUT2D eigenvalue weighted by atomic mass is 32.2. The lowest BCUT2D eigenvalue weighted by atomic mass is 10.2. The molecule has 1 aliphatic rings. The third-order valence-corrected chi connectivity index (χ3v) is 6.52. The van der Waals surface area contributed by atoms with E-state index in [-0.39, 0.29) is 29.1 Å². The number of ether oxygens (including phenoxy) is 1. The molecule has 3 rings (SSSR count). The normalized spacial score (nSPS) is 22.0. The van der Waals surface area contributed by atoms with Gasteiger partial charge >= 0.3 is 0 Å². The molecule has 1 aromatic heterocycles. The molecule has 3 unspecified atom stereocenters. The maximum absolute atomic E-state index is 12.9. The summed E-state index contributed by atoms with van der Waals surface area (Å²) in [6.07, 6.45) is -0.314. The summed E-state index contributed by atoms with van der Waals surface area (Å²) in [5.41, 5.74) is 0.387. The Morgan fingerprint density at radius 2 is 1.71 bits per heavy atom. The second-order valence-corrected chi connectivity index (χ2v) is 9.19. The van der Waals surface area contributed by atoms with E-state index in [1.165, 1.54) is 28.6 Å². The second kappa shape index (κ2) is 8.06. The lowest BCUT2D eigenvalue weighted by Gasteiger charge is -2.34. The van der Waals surface area contributed by atoms with E-state index in [1.807, 2.05) is 39.8 Å². The van der Waals surface area contributed by atoms with Crippen LogP contribution in [0.15, 0.2) is 45.7 Å². The molecular weight excluding hydrogens is 380 g/mol. The van der Waals surface area contributed by atoms with E-state index in [1.54, 1.807) is 0 Å². The first kappa shape index (κ1) is 20.6. The van der Waals surface area contributed by atoms with Crippen LogP contribution >= 0.6 is 0 Å². The number of carbonyl (C=O) groups excluding carboxylic acids is 1. The van der Waals surface area contributed by atoms with Gasteiger partial charge in [0.05, 0.1) is 23.1 Å². The zero-order chi connectivity index (χ0) is 20.5. The fourth-order valence-electron chi connectivity index (χ4n) is 3.29. The summed E-state index contributed by atoms with van der Waals surface area (Å²) >= 11 is 0. The van der Waals surface area contributed by atoms with Crippen molar-refractivity contribution in [2.45, 2.75) is 50.8 Å². The van der Waals surface area contributed by atoms with Crippen LogP contribution in [0.2, 0.25) is 0 Å². The third-order valence-electron chi connectivity index (χ3n) is 4.68. The number of furan rings is 1. The number of amides is 1. The highest BCUT2D eigenvalue weighted by molar-refractivity contribution is 7.89. The molecule has 1 amide bonds. The van der Waals surface area contributed by atoms with Crippen LogP contribution in [0, 0.1) is 6.92 Å². The van der Waals surface area contributed by atoms with Gasteiger partial charge in [0.15, 0.2) is 0 Å². The summed E-state index contributed by atoms with van der Waals surface area (Å²) < 4.78 is 38.3. The maximum Gasteiger partial charge on any atom is 0.251 e. The highest BCUT2D eigenvalue weighted by Gasteiger charge is 2.32. The minimum atomic E-state index is -3.63. The van der Waals surface area contributed by atoms with Crippen molar-refractivity contribution in [3.05, 3.63) is 53.5 Å². The number of aryl methyl sites for hydroxylation is 1. The summed E-state index contributed by atoms with van der Waals surface area (Å²) in [6.45, 7) is 8.01. The topological polar surface area (TPSA) is 88.9 Å². The van der Waals surface area contributed by atoms with Gasteiger partial charge in [-0.2, -0.15) is 4.31 Å². The molecule has 1 N–H and O–H groups in total. The van der Waals surface area contributed by atoms with E-state index in [0.29, 0.717) is 24.4 Å². The minimum Gasteiger partial charge on any atom is -0.464 e. The molecule has 7 nitrogen and oxygen atoms in total. The SMILES string of the molecule is Cc1ccc(C(C)NC(=O)c2ccc(S(=O)(=O)N3CC(C)OC(C)C3)cc2)o1. The van der Waals surface area contributed by atoms with Crippen LogP contribution in [0.1, 0.15) is 48.7 Å². The van der Waals surface area contributed by atoms with Gasteiger partial charge < -0.3 is 14.5 Å². The molecule has 0 radical (unpaired) electrons. The van der Waals surface area contributed by atoms with E-state index in [0.717, 1.165) is 5.76 Å². The van der Waals surface area contributed by atoms with Crippen LogP contribution in [0.5, 0.6) is 0 Å². The van der Waals surface area contributed by atoms with Gasteiger partial charge in [0.2, 0.25) is 10.0 Å². The van der Waals surface area contributed by atoms with E-state index >= 15 is 0 Å². The standard InChI is InChI=1S/C20H26N2O5S/c1-13-5-10-19(27-13)16(4)21-20(23)17-6-8-18(9-7-17)28(24,25)22-11-14(2)26-15(3)12-22/h5-10,14-16H,11-12H2,1-4H3,(H,21,23). The van der Waals surface area contributed by atoms with Gasteiger partial charge in [0, 0.05) is 18.7 Å². The summed E-state index contributed by atoms with van der Waals surface area (Å²) in [6, 6.07) is 9.35. The summed E-state index contributed by atoms with van der Waals surface area (Å²) in [5, 5.41) is 2.85. The first-order chi connectivity index (χ1) is 13.2. The Bertz CT molecular complexity index is 926. The average Bonchev–Trinajstić information content (AvgIpc) is 3.07. The van der Waals surface area contributed by atoms with Crippen molar-refractivity contribution in [3.63, 3.8) is 0 Å². The molecule has 1 fully saturated rings. The number of benzene rings is 1. The van der Waals surface area contributed by atoms with Gasteiger partial charge in [0.25, 0.3) is 5.91 Å². The lowest BCUT2D eigenvalue weighted by molar-refractivity contribution is -0.0440. The molecule has 1 aromatic carbocycles. The van der Waals surface area contributed by atoms with Crippen molar-refractivity contribution < 1.29 is 22.4 Å². The third kappa shape index (κ3) is 4.45. The van der Waals surface area contributed by atoms with Crippen LogP contribution in [-0.2, 0) is 14.8 Å². The van der Waals surface area contributed by atoms with Gasteiger partial charge in [-0.15, -0.1) is 0 Å². The minimum absolute atomic E-state index is 0.157.